The fourth-order valence-corrected chi connectivity index (χ4v) is 0.723. The molecule has 0 aromatic heterocycles. The van der Waals surface area contributed by atoms with Crippen molar-refractivity contribution in [3.8, 4) is 0 Å². The molecule has 0 spiro atoms. The second-order valence-corrected chi connectivity index (χ2v) is 4.27. The number of rotatable bonds is 6. The molecule has 0 unspecified atom stereocenters. The smallest absolute Gasteiger partial charge is 0.339 e. The summed E-state index contributed by atoms with van der Waals surface area (Å²) in [5.74, 6) is -1.14. The van der Waals surface area contributed by atoms with E-state index in [2.05, 4.69) is 4.74 Å². The number of esters is 2. The zero-order valence-corrected chi connectivity index (χ0v) is 11.0. The molecule has 16 heavy (non-hydrogen) atoms. The molecule has 0 aliphatic heterocycles. The van der Waals surface area contributed by atoms with Gasteiger partial charge in [0.25, 0.3) is 0 Å². The summed E-state index contributed by atoms with van der Waals surface area (Å²) in [6.45, 7) is 2.74. The summed E-state index contributed by atoms with van der Waals surface area (Å²) < 4.78 is 10.3. The van der Waals surface area contributed by atoms with E-state index in [-0.39, 0.29) is 25.4 Å². The Morgan fingerprint density at radius 1 is 1.12 bits per heavy atom. The molecule has 0 saturated carbocycles. The van der Waals surface area contributed by atoms with Gasteiger partial charge in [0.2, 0.25) is 0 Å². The van der Waals surface area contributed by atoms with E-state index in [4.69, 9.17) is 4.74 Å². The quantitative estimate of drug-likeness (QED) is 0.222. The SMILES string of the molecule is CCC(=O)OC(=O)COCC[N+](C)(C)C.[Cl-]. The summed E-state index contributed by atoms with van der Waals surface area (Å²) in [6.07, 6.45) is 0.199. The first-order valence-corrected chi connectivity index (χ1v) is 4.97. The van der Waals surface area contributed by atoms with Crippen LogP contribution in [-0.2, 0) is 19.1 Å². The van der Waals surface area contributed by atoms with Gasteiger partial charge in [-0.2, -0.15) is 0 Å². The van der Waals surface area contributed by atoms with Gasteiger partial charge in [-0.25, -0.2) is 4.79 Å². The molecule has 0 saturated heterocycles. The molecule has 0 rings (SSSR count). The average Bonchev–Trinajstić information content (AvgIpc) is 2.11. The van der Waals surface area contributed by atoms with Crippen molar-refractivity contribution in [2.45, 2.75) is 13.3 Å². The Balaban J connectivity index is 0. The first kappa shape index (κ1) is 17.7. The topological polar surface area (TPSA) is 52.6 Å². The molecule has 0 N–H and O–H groups in total. The summed E-state index contributed by atoms with van der Waals surface area (Å²) in [6, 6.07) is 0. The summed E-state index contributed by atoms with van der Waals surface area (Å²) >= 11 is 0. The summed E-state index contributed by atoms with van der Waals surface area (Å²) in [7, 11) is 6.09. The van der Waals surface area contributed by atoms with Crippen LogP contribution >= 0.6 is 0 Å². The highest BCUT2D eigenvalue weighted by molar-refractivity contribution is 5.85. The predicted octanol–water partition coefficient (Wildman–Crippen LogP) is -2.81. The molecular formula is C10H20ClNO4. The lowest BCUT2D eigenvalue weighted by molar-refractivity contribution is -0.870. The molecule has 96 valence electrons. The third-order valence-corrected chi connectivity index (χ3v) is 1.64. The number of likely N-dealkylation sites (N-methyl/N-ethyl adjacent to an activating group) is 1. The molecule has 6 heteroatoms. The molecule has 0 amide bonds. The Morgan fingerprint density at radius 3 is 2.12 bits per heavy atom. The number of carbonyl (C=O) groups excluding carboxylic acids is 2. The summed E-state index contributed by atoms with van der Waals surface area (Å²) in [5.41, 5.74) is 0. The van der Waals surface area contributed by atoms with Gasteiger partial charge in [-0.3, -0.25) is 4.79 Å². The third kappa shape index (κ3) is 11.4. The maximum atomic E-state index is 11.0. The standard InChI is InChI=1S/C10H20NO4.ClH/c1-5-9(12)15-10(13)8-14-7-6-11(2,3)4;/h5-8H2,1-4H3;1H/q+1;/p-1. The van der Waals surface area contributed by atoms with Crippen molar-refractivity contribution < 1.29 is 36.0 Å². The van der Waals surface area contributed by atoms with Crippen LogP contribution in [0.1, 0.15) is 13.3 Å². The van der Waals surface area contributed by atoms with Crippen molar-refractivity contribution in [1.82, 2.24) is 0 Å². The highest BCUT2D eigenvalue weighted by Crippen LogP contribution is 1.91. The molecule has 0 aromatic rings. The Bertz CT molecular complexity index is 225. The molecule has 0 aromatic carbocycles. The first-order chi connectivity index (χ1) is 6.85. The van der Waals surface area contributed by atoms with E-state index >= 15 is 0 Å². The van der Waals surface area contributed by atoms with Crippen LogP contribution in [0.5, 0.6) is 0 Å². The predicted molar refractivity (Wildman–Crippen MR) is 55.1 cm³/mol. The lowest BCUT2D eigenvalue weighted by Crippen LogP contribution is -3.00. The molecule has 0 fully saturated rings. The molecule has 0 heterocycles. The van der Waals surface area contributed by atoms with Gasteiger partial charge in [0.1, 0.15) is 13.2 Å². The molecule has 5 nitrogen and oxygen atoms in total. The zero-order chi connectivity index (χ0) is 11.9. The summed E-state index contributed by atoms with van der Waals surface area (Å²) in [4.78, 5) is 21.7. The molecule has 0 aliphatic carbocycles. The van der Waals surface area contributed by atoms with Gasteiger partial charge in [-0.05, 0) is 0 Å². The first-order valence-electron chi connectivity index (χ1n) is 4.97. The van der Waals surface area contributed by atoms with E-state index in [1.54, 1.807) is 6.92 Å². The summed E-state index contributed by atoms with van der Waals surface area (Å²) in [5, 5.41) is 0. The van der Waals surface area contributed by atoms with Crippen LogP contribution in [0, 0.1) is 0 Å². The number of hydrogen-bond acceptors (Lipinski definition) is 4. The maximum Gasteiger partial charge on any atom is 0.339 e. The molecule has 0 bridgehead atoms. The fourth-order valence-electron chi connectivity index (χ4n) is 0.723. The maximum absolute atomic E-state index is 11.0. The second kappa shape index (κ2) is 8.50. The van der Waals surface area contributed by atoms with Crippen molar-refractivity contribution in [3.63, 3.8) is 0 Å². The van der Waals surface area contributed by atoms with Crippen LogP contribution in [0.2, 0.25) is 0 Å². The van der Waals surface area contributed by atoms with Gasteiger partial charge in [0.05, 0.1) is 27.7 Å². The van der Waals surface area contributed by atoms with Crippen LogP contribution in [0.4, 0.5) is 0 Å². The number of ether oxygens (including phenoxy) is 2. The van der Waals surface area contributed by atoms with Crippen LogP contribution < -0.4 is 12.4 Å². The van der Waals surface area contributed by atoms with Crippen LogP contribution in [0.3, 0.4) is 0 Å². The van der Waals surface area contributed by atoms with Crippen molar-refractivity contribution in [3.05, 3.63) is 0 Å². The van der Waals surface area contributed by atoms with Gasteiger partial charge < -0.3 is 26.4 Å². The fraction of sp³-hybridized carbons (Fsp3) is 0.800. The molecule has 0 radical (unpaired) electrons. The van der Waals surface area contributed by atoms with Gasteiger partial charge in [0.15, 0.2) is 0 Å². The Hall–Kier alpha value is -0.650. The van der Waals surface area contributed by atoms with Crippen molar-refractivity contribution in [2.75, 3.05) is 40.9 Å². The number of quaternary nitrogens is 1. The van der Waals surface area contributed by atoms with Crippen LogP contribution in [0.25, 0.3) is 0 Å². The minimum Gasteiger partial charge on any atom is -1.00 e. The van der Waals surface area contributed by atoms with Gasteiger partial charge in [0, 0.05) is 6.42 Å². The Morgan fingerprint density at radius 2 is 1.69 bits per heavy atom. The van der Waals surface area contributed by atoms with Gasteiger partial charge in [-0.1, -0.05) is 6.92 Å². The highest BCUT2D eigenvalue weighted by Gasteiger charge is 2.10. The molecular weight excluding hydrogens is 234 g/mol. The van der Waals surface area contributed by atoms with Crippen LogP contribution in [-0.4, -0.2) is 57.3 Å². The zero-order valence-electron chi connectivity index (χ0n) is 10.3. The lowest BCUT2D eigenvalue weighted by Gasteiger charge is -2.23. The third-order valence-electron chi connectivity index (χ3n) is 1.64. The number of hydrogen-bond donors (Lipinski definition) is 0. The van der Waals surface area contributed by atoms with E-state index < -0.39 is 11.9 Å². The molecule has 0 aliphatic rings. The van der Waals surface area contributed by atoms with Gasteiger partial charge >= 0.3 is 11.9 Å². The Kier molecular flexibility index (Phi) is 9.42. The number of carbonyl (C=O) groups is 2. The minimum atomic E-state index is -0.622. The van der Waals surface area contributed by atoms with Crippen molar-refractivity contribution >= 4 is 11.9 Å². The average molecular weight is 254 g/mol. The minimum absolute atomic E-state index is 0. The van der Waals surface area contributed by atoms with E-state index in [0.29, 0.717) is 6.61 Å². The van der Waals surface area contributed by atoms with E-state index in [1.165, 1.54) is 0 Å². The van der Waals surface area contributed by atoms with E-state index in [1.807, 2.05) is 21.1 Å². The molecule has 0 atom stereocenters. The highest BCUT2D eigenvalue weighted by atomic mass is 35.5. The normalized spacial score (nSPS) is 10.5. The van der Waals surface area contributed by atoms with Crippen LogP contribution in [0.15, 0.2) is 0 Å². The van der Waals surface area contributed by atoms with E-state index in [0.717, 1.165) is 11.0 Å². The number of halogens is 1. The Labute approximate surface area is 103 Å². The largest absolute Gasteiger partial charge is 1.00 e. The van der Waals surface area contributed by atoms with Crippen molar-refractivity contribution in [1.29, 1.82) is 0 Å². The monoisotopic (exact) mass is 253 g/mol. The van der Waals surface area contributed by atoms with Crippen molar-refractivity contribution in [2.24, 2.45) is 0 Å². The number of nitrogens with zero attached hydrogens (tertiary/aromatic N) is 1. The van der Waals surface area contributed by atoms with Gasteiger partial charge in [-0.15, -0.1) is 0 Å². The second-order valence-electron chi connectivity index (χ2n) is 4.27. The van der Waals surface area contributed by atoms with E-state index in [9.17, 15) is 9.59 Å². The lowest BCUT2D eigenvalue weighted by atomic mass is 10.5.